The van der Waals surface area contributed by atoms with Crippen molar-refractivity contribution >= 4 is 19.0 Å². The van der Waals surface area contributed by atoms with Gasteiger partial charge in [-0.05, 0) is 80.6 Å². The van der Waals surface area contributed by atoms with Crippen molar-refractivity contribution in [1.29, 1.82) is 0 Å². The lowest BCUT2D eigenvalue weighted by molar-refractivity contribution is 0.120. The summed E-state index contributed by atoms with van der Waals surface area (Å²) in [4.78, 5) is 0. The lowest BCUT2D eigenvalue weighted by Gasteiger charge is -2.36. The fraction of sp³-hybridized carbons (Fsp3) is 0.529. The van der Waals surface area contributed by atoms with Crippen LogP contribution in [0.2, 0.25) is 0 Å². The minimum Gasteiger partial charge on any atom is -0.287 e. The first-order valence-corrected chi connectivity index (χ1v) is 16.6. The van der Waals surface area contributed by atoms with E-state index in [2.05, 4.69) is 60.7 Å². The lowest BCUT2D eigenvalue weighted by atomic mass is 9.66. The van der Waals surface area contributed by atoms with Crippen LogP contribution < -0.4 is 0 Å². The minimum atomic E-state index is -3.38. The number of phosphoric ester groups is 1. The fourth-order valence-corrected chi connectivity index (χ4v) is 8.10. The van der Waals surface area contributed by atoms with Crippen LogP contribution in [0.4, 0.5) is 0 Å². The van der Waals surface area contributed by atoms with Gasteiger partial charge in [0.15, 0.2) is 0 Å². The van der Waals surface area contributed by atoms with Crippen molar-refractivity contribution in [2.45, 2.75) is 84.5 Å². The third kappa shape index (κ3) is 7.22. The average molecular weight is 551 g/mol. The van der Waals surface area contributed by atoms with Crippen LogP contribution in [0, 0.1) is 11.3 Å². The molecule has 0 N–H and O–H groups in total. The zero-order valence-electron chi connectivity index (χ0n) is 24.0. The number of phosphoric acid groups is 1. The molecule has 2 aromatic rings. The molecule has 0 radical (unpaired) electrons. The second kappa shape index (κ2) is 14.6. The van der Waals surface area contributed by atoms with Gasteiger partial charge in [-0.25, -0.2) is 4.57 Å². The maximum absolute atomic E-state index is 12.4. The monoisotopic (exact) mass is 550 g/mol. The Hall–Kier alpha value is -1.97. The van der Waals surface area contributed by atoms with E-state index in [1.54, 1.807) is 25.0 Å². The van der Waals surface area contributed by atoms with Crippen molar-refractivity contribution in [3.63, 3.8) is 0 Å². The molecule has 4 rings (SSSR count). The molecule has 0 amide bonds. The number of allylic oxidation sites excluding steroid dienone is 3. The van der Waals surface area contributed by atoms with Gasteiger partial charge in [0, 0.05) is 5.41 Å². The smallest absolute Gasteiger partial charge is 0.287 e. The highest BCUT2D eigenvalue weighted by Crippen LogP contribution is 2.66. The van der Waals surface area contributed by atoms with Crippen LogP contribution in [-0.2, 0) is 18.1 Å². The molecule has 1 fully saturated rings. The topological polar surface area (TPSA) is 44.8 Å². The van der Waals surface area contributed by atoms with Gasteiger partial charge in [-0.3, -0.25) is 13.6 Å². The quantitative estimate of drug-likeness (QED) is 0.145. The van der Waals surface area contributed by atoms with Gasteiger partial charge in [0.25, 0.3) is 0 Å². The van der Waals surface area contributed by atoms with Crippen LogP contribution in [0.25, 0.3) is 11.1 Å². The van der Waals surface area contributed by atoms with E-state index in [1.807, 2.05) is 0 Å². The summed E-state index contributed by atoms with van der Waals surface area (Å²) in [7, 11) is -3.38. The van der Waals surface area contributed by atoms with Crippen molar-refractivity contribution in [2.75, 3.05) is 19.8 Å². The molecule has 5 heteroatoms. The molecule has 0 bridgehead atoms. The van der Waals surface area contributed by atoms with E-state index in [9.17, 15) is 4.57 Å². The third-order valence-electron chi connectivity index (χ3n) is 8.53. The van der Waals surface area contributed by atoms with Crippen molar-refractivity contribution < 1.29 is 18.1 Å². The fourth-order valence-electron chi connectivity index (χ4n) is 6.89. The summed E-state index contributed by atoms with van der Waals surface area (Å²) in [5.41, 5.74) is 7.33. The first-order valence-electron chi connectivity index (χ1n) is 15.1. The summed E-state index contributed by atoms with van der Waals surface area (Å²) in [6.45, 7) is 9.41. The molecule has 2 atom stereocenters. The Morgan fingerprint density at radius 3 is 2.15 bits per heavy atom. The molecule has 0 heterocycles. The summed E-state index contributed by atoms with van der Waals surface area (Å²) in [5, 5.41) is 0. The number of rotatable bonds is 17. The molecule has 2 aliphatic carbocycles. The summed E-state index contributed by atoms with van der Waals surface area (Å²) in [6.07, 6.45) is 13.0. The van der Waals surface area contributed by atoms with E-state index in [0.29, 0.717) is 25.7 Å². The number of hydrogen-bond acceptors (Lipinski definition) is 4. The standard InChI is InChI=1S/C34H47O4P/c1-4-36-39(35,37-5-2)38-26-17-9-7-6-8-12-23-31-27-32-24-18-25-34(32,28(3)29-19-13-10-14-20-29)33(31)30-21-15-11-16-22-30/h10-11,13-16,19-22,32H,3-9,12,17-18,23-27H2,1-2H3/t32?,34-/m0/s1. The molecule has 0 aliphatic heterocycles. The average Bonchev–Trinajstić information content (AvgIpc) is 3.50. The van der Waals surface area contributed by atoms with Crippen LogP contribution >= 0.6 is 7.82 Å². The van der Waals surface area contributed by atoms with Crippen molar-refractivity contribution in [2.24, 2.45) is 11.3 Å². The normalized spacial score (nSPS) is 20.9. The molecule has 2 aromatic carbocycles. The summed E-state index contributed by atoms with van der Waals surface area (Å²) in [5.74, 6) is 0.666. The predicted molar refractivity (Wildman–Crippen MR) is 162 cm³/mol. The second-order valence-electron chi connectivity index (χ2n) is 10.9. The van der Waals surface area contributed by atoms with Gasteiger partial charge in [-0.15, -0.1) is 0 Å². The molecular weight excluding hydrogens is 503 g/mol. The molecule has 212 valence electrons. The number of unbranched alkanes of at least 4 members (excludes halogenated alkanes) is 5. The van der Waals surface area contributed by atoms with Crippen LogP contribution in [0.5, 0.6) is 0 Å². The first-order chi connectivity index (χ1) is 19.0. The number of benzene rings is 2. The maximum Gasteiger partial charge on any atom is 0.474 e. The maximum atomic E-state index is 12.4. The van der Waals surface area contributed by atoms with E-state index in [4.69, 9.17) is 20.2 Å². The predicted octanol–water partition coefficient (Wildman–Crippen LogP) is 10.3. The molecule has 1 unspecified atom stereocenters. The Morgan fingerprint density at radius 2 is 1.49 bits per heavy atom. The largest absolute Gasteiger partial charge is 0.474 e. The van der Waals surface area contributed by atoms with Crippen LogP contribution in [0.15, 0.2) is 72.8 Å². The molecule has 0 saturated heterocycles. The Bertz CT molecular complexity index is 1120. The molecule has 39 heavy (non-hydrogen) atoms. The van der Waals surface area contributed by atoms with Gasteiger partial charge in [-0.1, -0.05) is 105 Å². The molecule has 0 spiro atoms. The third-order valence-corrected chi connectivity index (χ3v) is 10.2. The first kappa shape index (κ1) is 30.0. The van der Waals surface area contributed by atoms with Crippen molar-refractivity contribution in [3.05, 3.63) is 83.9 Å². The Labute approximate surface area is 236 Å². The van der Waals surface area contributed by atoms with Gasteiger partial charge in [0.2, 0.25) is 0 Å². The molecule has 0 aromatic heterocycles. The highest BCUT2D eigenvalue weighted by atomic mass is 31.2. The molecule has 2 aliphatic rings. The SMILES string of the molecule is C=C(c1ccccc1)[C@@]12CCCC1CC(CCCCCCCCOP(=O)(OCC)OCC)=C2c1ccccc1. The summed E-state index contributed by atoms with van der Waals surface area (Å²) in [6, 6.07) is 22.0. The second-order valence-corrected chi connectivity index (χ2v) is 12.6. The molecule has 4 nitrogen and oxygen atoms in total. The van der Waals surface area contributed by atoms with Crippen LogP contribution in [0.1, 0.15) is 95.6 Å². The zero-order chi connectivity index (χ0) is 27.6. The van der Waals surface area contributed by atoms with Gasteiger partial charge in [0.1, 0.15) is 0 Å². The lowest BCUT2D eigenvalue weighted by Crippen LogP contribution is -2.24. The van der Waals surface area contributed by atoms with E-state index >= 15 is 0 Å². The van der Waals surface area contributed by atoms with E-state index in [0.717, 1.165) is 12.8 Å². The van der Waals surface area contributed by atoms with E-state index < -0.39 is 7.82 Å². The van der Waals surface area contributed by atoms with E-state index in [-0.39, 0.29) is 5.41 Å². The Morgan fingerprint density at radius 1 is 0.872 bits per heavy atom. The number of hydrogen-bond donors (Lipinski definition) is 0. The van der Waals surface area contributed by atoms with E-state index in [1.165, 1.54) is 74.5 Å². The van der Waals surface area contributed by atoms with Crippen molar-refractivity contribution in [3.8, 4) is 0 Å². The highest BCUT2D eigenvalue weighted by molar-refractivity contribution is 7.48. The van der Waals surface area contributed by atoms with Gasteiger partial charge >= 0.3 is 7.82 Å². The van der Waals surface area contributed by atoms with Gasteiger partial charge in [-0.2, -0.15) is 0 Å². The van der Waals surface area contributed by atoms with Crippen LogP contribution in [-0.4, -0.2) is 19.8 Å². The van der Waals surface area contributed by atoms with Crippen LogP contribution in [0.3, 0.4) is 0 Å². The Kier molecular flexibility index (Phi) is 11.2. The number of fused-ring (bicyclic) bond motifs is 1. The minimum absolute atomic E-state index is 0.0699. The zero-order valence-corrected chi connectivity index (χ0v) is 24.9. The Balaban J connectivity index is 1.34. The highest BCUT2D eigenvalue weighted by Gasteiger charge is 2.52. The van der Waals surface area contributed by atoms with Crippen molar-refractivity contribution in [1.82, 2.24) is 0 Å². The van der Waals surface area contributed by atoms with Gasteiger partial charge < -0.3 is 0 Å². The summed E-state index contributed by atoms with van der Waals surface area (Å²) >= 11 is 0. The summed E-state index contributed by atoms with van der Waals surface area (Å²) < 4.78 is 28.2. The van der Waals surface area contributed by atoms with Gasteiger partial charge in [0.05, 0.1) is 19.8 Å². The molecule has 1 saturated carbocycles. The molecular formula is C34H47O4P.